The van der Waals surface area contributed by atoms with Crippen molar-refractivity contribution in [3.8, 4) is 0 Å². The molecule has 2 fully saturated rings. The first kappa shape index (κ1) is 25.4. The number of rotatable bonds is 5. The van der Waals surface area contributed by atoms with Gasteiger partial charge in [-0.05, 0) is 27.2 Å². The topological polar surface area (TPSA) is 65.1 Å². The normalized spacial score (nSPS) is 24.0. The fraction of sp³-hybridized carbons (Fsp3) is 0.882. The molecule has 154 valence electrons. The van der Waals surface area contributed by atoms with Crippen LogP contribution < -0.4 is 5.32 Å². The molecule has 0 saturated carbocycles. The van der Waals surface area contributed by atoms with Gasteiger partial charge in [-0.3, -0.25) is 14.5 Å². The molecule has 0 spiro atoms. The lowest BCUT2D eigenvalue weighted by molar-refractivity contribution is -0.139. The number of halogens is 2. The van der Waals surface area contributed by atoms with Crippen molar-refractivity contribution >= 4 is 36.6 Å². The molecule has 2 aliphatic heterocycles. The smallest absolute Gasteiger partial charge is 0.242 e. The minimum atomic E-state index is -0.248. The van der Waals surface area contributed by atoms with Crippen molar-refractivity contribution < 1.29 is 14.3 Å². The van der Waals surface area contributed by atoms with E-state index in [0.29, 0.717) is 19.7 Å². The zero-order valence-corrected chi connectivity index (χ0v) is 17.7. The van der Waals surface area contributed by atoms with E-state index < -0.39 is 0 Å². The Hall–Kier alpha value is -0.600. The quantitative estimate of drug-likeness (QED) is 0.716. The lowest BCUT2D eigenvalue weighted by Crippen LogP contribution is -2.56. The lowest BCUT2D eigenvalue weighted by Gasteiger charge is -2.33. The van der Waals surface area contributed by atoms with Crippen LogP contribution in [0.3, 0.4) is 0 Å². The predicted octanol–water partition coefficient (Wildman–Crippen LogP) is 0.610. The molecule has 9 heteroatoms. The van der Waals surface area contributed by atoms with E-state index in [9.17, 15) is 9.59 Å². The van der Waals surface area contributed by atoms with E-state index in [1.165, 1.54) is 0 Å². The molecular formula is C17H34Cl2N4O3. The molecule has 0 unspecified atom stereocenters. The lowest BCUT2D eigenvalue weighted by atomic mass is 10.1. The minimum Gasteiger partial charge on any atom is -0.375 e. The van der Waals surface area contributed by atoms with E-state index in [-0.39, 0.29) is 48.8 Å². The maximum atomic E-state index is 12.7. The van der Waals surface area contributed by atoms with E-state index in [1.54, 1.807) is 0 Å². The van der Waals surface area contributed by atoms with Crippen LogP contribution in [0.4, 0.5) is 0 Å². The molecule has 1 N–H and O–H groups in total. The van der Waals surface area contributed by atoms with Gasteiger partial charge in [0.25, 0.3) is 0 Å². The van der Waals surface area contributed by atoms with Gasteiger partial charge in [-0.15, -0.1) is 24.8 Å². The molecular weight excluding hydrogens is 379 g/mol. The Morgan fingerprint density at radius 1 is 1.12 bits per heavy atom. The highest BCUT2D eigenvalue weighted by Crippen LogP contribution is 2.11. The van der Waals surface area contributed by atoms with Gasteiger partial charge in [0.1, 0.15) is 6.04 Å². The number of amides is 2. The average molecular weight is 413 g/mol. The van der Waals surface area contributed by atoms with Gasteiger partial charge >= 0.3 is 0 Å². The summed E-state index contributed by atoms with van der Waals surface area (Å²) < 4.78 is 5.59. The SMILES string of the molecule is CCN(CC)C(=O)CN1CCCN(C(=O)[C@H]2NCCO[C@@H]2C)CC1.Cl.Cl. The van der Waals surface area contributed by atoms with Crippen LogP contribution in [0, 0.1) is 0 Å². The molecule has 2 aliphatic rings. The van der Waals surface area contributed by atoms with Crippen LogP contribution in [0.15, 0.2) is 0 Å². The van der Waals surface area contributed by atoms with Crippen molar-refractivity contribution in [2.75, 3.05) is 59.0 Å². The van der Waals surface area contributed by atoms with Crippen molar-refractivity contribution in [2.45, 2.75) is 39.3 Å². The first-order valence-electron chi connectivity index (χ1n) is 9.20. The number of ether oxygens (including phenoxy) is 1. The van der Waals surface area contributed by atoms with Crippen molar-refractivity contribution in [3.63, 3.8) is 0 Å². The van der Waals surface area contributed by atoms with Crippen LogP contribution in [0.25, 0.3) is 0 Å². The van der Waals surface area contributed by atoms with Gasteiger partial charge in [0, 0.05) is 45.8 Å². The molecule has 0 aromatic carbocycles. The molecule has 26 heavy (non-hydrogen) atoms. The van der Waals surface area contributed by atoms with Gasteiger partial charge in [0.2, 0.25) is 11.8 Å². The second-order valence-electron chi connectivity index (χ2n) is 6.53. The van der Waals surface area contributed by atoms with Gasteiger partial charge in [0.05, 0.1) is 19.3 Å². The molecule has 2 atom stereocenters. The summed E-state index contributed by atoms with van der Waals surface area (Å²) in [6, 6.07) is -0.248. The Bertz CT molecular complexity index is 438. The third-order valence-electron chi connectivity index (χ3n) is 4.96. The van der Waals surface area contributed by atoms with E-state index >= 15 is 0 Å². The van der Waals surface area contributed by atoms with Crippen LogP contribution in [0.1, 0.15) is 27.2 Å². The maximum absolute atomic E-state index is 12.7. The standard InChI is InChI=1S/C17H32N4O3.2ClH/c1-4-20(5-2)15(22)13-19-8-6-9-21(11-10-19)17(23)16-14(3)24-12-7-18-16;;/h14,16,18H,4-13H2,1-3H3;2*1H/t14-,16+;;/m1../s1. The summed E-state index contributed by atoms with van der Waals surface area (Å²) in [5.41, 5.74) is 0. The number of nitrogens with one attached hydrogen (secondary N) is 1. The van der Waals surface area contributed by atoms with Crippen LogP contribution in [-0.4, -0.2) is 97.6 Å². The number of carbonyl (C=O) groups is 2. The Morgan fingerprint density at radius 3 is 2.42 bits per heavy atom. The summed E-state index contributed by atoms with van der Waals surface area (Å²) in [6.45, 7) is 12.3. The number of hydrogen-bond acceptors (Lipinski definition) is 5. The van der Waals surface area contributed by atoms with Crippen molar-refractivity contribution in [2.24, 2.45) is 0 Å². The summed E-state index contributed by atoms with van der Waals surface area (Å²) in [4.78, 5) is 31.0. The predicted molar refractivity (Wildman–Crippen MR) is 107 cm³/mol. The molecule has 2 saturated heterocycles. The zero-order chi connectivity index (χ0) is 17.5. The fourth-order valence-corrected chi connectivity index (χ4v) is 3.42. The monoisotopic (exact) mass is 412 g/mol. The third kappa shape index (κ3) is 6.85. The molecule has 0 bridgehead atoms. The molecule has 0 aliphatic carbocycles. The Balaban J connectivity index is 0.00000312. The Kier molecular flexibility index (Phi) is 12.4. The Morgan fingerprint density at radius 2 is 1.81 bits per heavy atom. The molecule has 0 radical (unpaired) electrons. The van der Waals surface area contributed by atoms with Gasteiger partial charge in [-0.25, -0.2) is 0 Å². The van der Waals surface area contributed by atoms with Crippen LogP contribution in [0.2, 0.25) is 0 Å². The summed E-state index contributed by atoms with van der Waals surface area (Å²) in [5.74, 6) is 0.301. The van der Waals surface area contributed by atoms with E-state index in [2.05, 4.69) is 10.2 Å². The highest BCUT2D eigenvalue weighted by molar-refractivity contribution is 5.85. The highest BCUT2D eigenvalue weighted by Gasteiger charge is 2.32. The summed E-state index contributed by atoms with van der Waals surface area (Å²) >= 11 is 0. The second kappa shape index (κ2) is 12.7. The number of hydrogen-bond donors (Lipinski definition) is 1. The van der Waals surface area contributed by atoms with Crippen molar-refractivity contribution in [1.82, 2.24) is 20.0 Å². The number of morpholine rings is 1. The molecule has 2 heterocycles. The van der Waals surface area contributed by atoms with Crippen LogP contribution >= 0.6 is 24.8 Å². The molecule has 0 aromatic rings. The van der Waals surface area contributed by atoms with Crippen LogP contribution in [-0.2, 0) is 14.3 Å². The minimum absolute atomic E-state index is 0. The fourth-order valence-electron chi connectivity index (χ4n) is 3.42. The highest BCUT2D eigenvalue weighted by atomic mass is 35.5. The van der Waals surface area contributed by atoms with E-state index in [0.717, 1.165) is 45.7 Å². The van der Waals surface area contributed by atoms with Gasteiger partial charge in [-0.2, -0.15) is 0 Å². The first-order valence-corrected chi connectivity index (χ1v) is 9.20. The molecule has 2 rings (SSSR count). The number of likely N-dealkylation sites (N-methyl/N-ethyl adjacent to an activating group) is 1. The van der Waals surface area contributed by atoms with Gasteiger partial charge in [0.15, 0.2) is 0 Å². The third-order valence-corrected chi connectivity index (χ3v) is 4.96. The molecule has 2 amide bonds. The summed E-state index contributed by atoms with van der Waals surface area (Å²) in [5, 5.41) is 3.27. The number of nitrogens with zero attached hydrogens (tertiary/aromatic N) is 3. The van der Waals surface area contributed by atoms with E-state index in [4.69, 9.17) is 4.74 Å². The molecule has 0 aromatic heterocycles. The average Bonchev–Trinajstić information content (AvgIpc) is 2.81. The van der Waals surface area contributed by atoms with Gasteiger partial charge in [-0.1, -0.05) is 0 Å². The zero-order valence-electron chi connectivity index (χ0n) is 16.1. The largest absolute Gasteiger partial charge is 0.375 e. The van der Waals surface area contributed by atoms with Crippen molar-refractivity contribution in [1.29, 1.82) is 0 Å². The second-order valence-corrected chi connectivity index (χ2v) is 6.53. The molecule has 7 nitrogen and oxygen atoms in total. The maximum Gasteiger partial charge on any atom is 0.242 e. The number of carbonyl (C=O) groups excluding carboxylic acids is 2. The van der Waals surface area contributed by atoms with E-state index in [1.807, 2.05) is 30.6 Å². The first-order chi connectivity index (χ1) is 11.6. The summed E-state index contributed by atoms with van der Waals surface area (Å²) in [7, 11) is 0. The van der Waals surface area contributed by atoms with Crippen molar-refractivity contribution in [3.05, 3.63) is 0 Å². The summed E-state index contributed by atoms with van der Waals surface area (Å²) in [6.07, 6.45) is 0.814. The Labute approximate surface area is 169 Å². The van der Waals surface area contributed by atoms with Gasteiger partial charge < -0.3 is 19.9 Å². The van der Waals surface area contributed by atoms with Crippen LogP contribution in [0.5, 0.6) is 0 Å².